The monoisotopic (exact) mass is 329 g/mol. The minimum Gasteiger partial charge on any atom is -0.338 e. The van der Waals surface area contributed by atoms with Crippen LogP contribution in [0.15, 0.2) is 40.9 Å². The van der Waals surface area contributed by atoms with Crippen molar-refractivity contribution in [2.24, 2.45) is 5.92 Å². The number of benzene rings is 1. The standard InChI is InChI=1S/C19H27N3O2/c1-5-15(14-22(6-2)7-3)19(23)21(4)18-13-17(20-24-18)16-11-9-8-10-12-16/h8-13,15H,5-7,14H2,1-4H3. The largest absolute Gasteiger partial charge is 0.338 e. The molecule has 0 fully saturated rings. The summed E-state index contributed by atoms with van der Waals surface area (Å²) in [6.45, 7) is 8.96. The number of nitrogens with zero attached hydrogens (tertiary/aromatic N) is 3. The van der Waals surface area contributed by atoms with Gasteiger partial charge in [0, 0.05) is 25.2 Å². The van der Waals surface area contributed by atoms with Crippen LogP contribution in [0.2, 0.25) is 0 Å². The van der Waals surface area contributed by atoms with E-state index >= 15 is 0 Å². The molecule has 1 aromatic carbocycles. The Labute approximate surface area is 144 Å². The predicted molar refractivity (Wildman–Crippen MR) is 96.9 cm³/mol. The van der Waals surface area contributed by atoms with E-state index in [9.17, 15) is 4.79 Å². The molecular weight excluding hydrogens is 302 g/mol. The molecule has 1 heterocycles. The van der Waals surface area contributed by atoms with E-state index in [1.807, 2.05) is 36.4 Å². The maximum atomic E-state index is 12.8. The minimum absolute atomic E-state index is 0.0415. The molecule has 130 valence electrons. The number of aromatic nitrogens is 1. The summed E-state index contributed by atoms with van der Waals surface area (Å²) in [5.41, 5.74) is 1.71. The molecule has 0 aliphatic carbocycles. The number of rotatable bonds is 8. The molecule has 0 spiro atoms. The molecule has 0 aliphatic heterocycles. The van der Waals surface area contributed by atoms with Crippen LogP contribution >= 0.6 is 0 Å². The van der Waals surface area contributed by atoms with Gasteiger partial charge in [-0.15, -0.1) is 0 Å². The Kier molecular flexibility index (Phi) is 6.55. The van der Waals surface area contributed by atoms with E-state index in [0.29, 0.717) is 5.88 Å². The first-order valence-electron chi connectivity index (χ1n) is 8.62. The number of amides is 1. The fourth-order valence-corrected chi connectivity index (χ4v) is 2.73. The van der Waals surface area contributed by atoms with Gasteiger partial charge in [-0.05, 0) is 19.5 Å². The Bertz CT molecular complexity index is 635. The molecule has 2 rings (SSSR count). The van der Waals surface area contributed by atoms with Crippen LogP contribution in [0.1, 0.15) is 27.2 Å². The predicted octanol–water partition coefficient (Wildman–Crippen LogP) is 3.67. The molecule has 5 nitrogen and oxygen atoms in total. The number of carbonyl (C=O) groups is 1. The van der Waals surface area contributed by atoms with Gasteiger partial charge in [0.25, 0.3) is 0 Å². The SMILES string of the molecule is CCC(CN(CC)CC)C(=O)N(C)c1cc(-c2ccccc2)no1. The van der Waals surface area contributed by atoms with E-state index in [2.05, 4.69) is 30.8 Å². The van der Waals surface area contributed by atoms with E-state index in [0.717, 1.165) is 37.3 Å². The second-order valence-electron chi connectivity index (χ2n) is 5.90. The molecule has 1 atom stereocenters. The zero-order valence-corrected chi connectivity index (χ0v) is 15.0. The lowest BCUT2D eigenvalue weighted by molar-refractivity contribution is -0.123. The molecule has 1 unspecified atom stereocenters. The second-order valence-corrected chi connectivity index (χ2v) is 5.90. The third-order valence-electron chi connectivity index (χ3n) is 4.44. The summed E-state index contributed by atoms with van der Waals surface area (Å²) < 4.78 is 5.40. The zero-order chi connectivity index (χ0) is 17.5. The molecule has 0 saturated heterocycles. The molecule has 1 amide bonds. The molecule has 1 aromatic heterocycles. The third-order valence-corrected chi connectivity index (χ3v) is 4.44. The first-order valence-corrected chi connectivity index (χ1v) is 8.62. The highest BCUT2D eigenvalue weighted by atomic mass is 16.5. The number of anilines is 1. The Morgan fingerprint density at radius 2 is 1.83 bits per heavy atom. The van der Waals surface area contributed by atoms with Crippen LogP contribution in [0.25, 0.3) is 11.3 Å². The van der Waals surface area contributed by atoms with Gasteiger partial charge in [-0.2, -0.15) is 0 Å². The van der Waals surface area contributed by atoms with Crippen molar-refractivity contribution in [2.75, 3.05) is 31.6 Å². The highest BCUT2D eigenvalue weighted by molar-refractivity contribution is 5.93. The van der Waals surface area contributed by atoms with E-state index in [1.54, 1.807) is 11.9 Å². The van der Waals surface area contributed by atoms with Gasteiger partial charge in [0.15, 0.2) is 0 Å². The first kappa shape index (κ1) is 18.2. The molecule has 0 bridgehead atoms. The third kappa shape index (κ3) is 4.23. The van der Waals surface area contributed by atoms with E-state index < -0.39 is 0 Å². The number of hydrogen-bond donors (Lipinski definition) is 0. The lowest BCUT2D eigenvalue weighted by Gasteiger charge is -2.26. The van der Waals surface area contributed by atoms with Gasteiger partial charge >= 0.3 is 0 Å². The van der Waals surface area contributed by atoms with Crippen LogP contribution in [-0.2, 0) is 4.79 Å². The van der Waals surface area contributed by atoms with E-state index in [4.69, 9.17) is 4.52 Å². The molecule has 0 radical (unpaired) electrons. The van der Waals surface area contributed by atoms with Crippen LogP contribution < -0.4 is 4.90 Å². The maximum absolute atomic E-state index is 12.8. The van der Waals surface area contributed by atoms with Gasteiger partial charge < -0.3 is 9.42 Å². The molecule has 0 saturated carbocycles. The van der Waals surface area contributed by atoms with Crippen molar-refractivity contribution in [2.45, 2.75) is 27.2 Å². The summed E-state index contributed by atoms with van der Waals surface area (Å²) >= 11 is 0. The Balaban J connectivity index is 2.11. The summed E-state index contributed by atoms with van der Waals surface area (Å²) in [6.07, 6.45) is 0.805. The van der Waals surface area contributed by atoms with Crippen LogP contribution in [0.4, 0.5) is 5.88 Å². The van der Waals surface area contributed by atoms with Gasteiger partial charge in [-0.1, -0.05) is 56.3 Å². The fraction of sp³-hybridized carbons (Fsp3) is 0.474. The normalized spacial score (nSPS) is 12.4. The Morgan fingerprint density at radius 1 is 1.17 bits per heavy atom. The molecule has 5 heteroatoms. The first-order chi connectivity index (χ1) is 11.6. The van der Waals surface area contributed by atoms with Crippen molar-refractivity contribution in [1.82, 2.24) is 10.1 Å². The quantitative estimate of drug-likeness (QED) is 0.741. The molecule has 2 aromatic rings. The highest BCUT2D eigenvalue weighted by Gasteiger charge is 2.25. The van der Waals surface area contributed by atoms with Crippen LogP contribution in [0, 0.1) is 5.92 Å². The Hall–Kier alpha value is -2.14. The molecule has 0 N–H and O–H groups in total. The van der Waals surface area contributed by atoms with Crippen LogP contribution in [0.5, 0.6) is 0 Å². The summed E-state index contributed by atoms with van der Waals surface area (Å²) in [5.74, 6) is 0.511. The maximum Gasteiger partial charge on any atom is 0.234 e. The number of hydrogen-bond acceptors (Lipinski definition) is 4. The van der Waals surface area contributed by atoms with Crippen LogP contribution in [-0.4, -0.2) is 42.6 Å². The van der Waals surface area contributed by atoms with Crippen molar-refractivity contribution >= 4 is 11.8 Å². The van der Waals surface area contributed by atoms with Crippen molar-refractivity contribution in [1.29, 1.82) is 0 Å². The molecule has 0 aliphatic rings. The van der Waals surface area contributed by atoms with Crippen molar-refractivity contribution in [3.63, 3.8) is 0 Å². The van der Waals surface area contributed by atoms with Crippen LogP contribution in [0.3, 0.4) is 0 Å². The smallest absolute Gasteiger partial charge is 0.234 e. The lowest BCUT2D eigenvalue weighted by Crippen LogP contribution is -2.39. The summed E-state index contributed by atoms with van der Waals surface area (Å²) in [5, 5.41) is 4.09. The second kappa shape index (κ2) is 8.64. The van der Waals surface area contributed by atoms with Crippen molar-refractivity contribution in [3.05, 3.63) is 36.4 Å². The molecular formula is C19H27N3O2. The molecule has 24 heavy (non-hydrogen) atoms. The summed E-state index contributed by atoms with van der Waals surface area (Å²) in [6, 6.07) is 11.6. The van der Waals surface area contributed by atoms with Gasteiger partial charge in [0.1, 0.15) is 5.69 Å². The van der Waals surface area contributed by atoms with E-state index in [1.165, 1.54) is 0 Å². The highest BCUT2D eigenvalue weighted by Crippen LogP contribution is 2.24. The summed E-state index contributed by atoms with van der Waals surface area (Å²) in [7, 11) is 1.75. The minimum atomic E-state index is -0.0415. The van der Waals surface area contributed by atoms with Crippen molar-refractivity contribution in [3.8, 4) is 11.3 Å². The van der Waals surface area contributed by atoms with Gasteiger partial charge in [0.2, 0.25) is 11.8 Å². The average molecular weight is 329 g/mol. The topological polar surface area (TPSA) is 49.6 Å². The number of carbonyl (C=O) groups excluding carboxylic acids is 1. The van der Waals surface area contributed by atoms with E-state index in [-0.39, 0.29) is 11.8 Å². The fourth-order valence-electron chi connectivity index (χ4n) is 2.73. The van der Waals surface area contributed by atoms with Gasteiger partial charge in [-0.3, -0.25) is 9.69 Å². The van der Waals surface area contributed by atoms with Gasteiger partial charge in [-0.25, -0.2) is 0 Å². The average Bonchev–Trinajstić information content (AvgIpc) is 3.12. The van der Waals surface area contributed by atoms with Crippen molar-refractivity contribution < 1.29 is 9.32 Å². The summed E-state index contributed by atoms with van der Waals surface area (Å²) in [4.78, 5) is 16.7. The van der Waals surface area contributed by atoms with Gasteiger partial charge in [0.05, 0.1) is 5.92 Å². The lowest BCUT2D eigenvalue weighted by atomic mass is 10.0. The Morgan fingerprint density at radius 3 is 2.42 bits per heavy atom. The zero-order valence-electron chi connectivity index (χ0n) is 15.0.